The van der Waals surface area contributed by atoms with E-state index in [-0.39, 0.29) is 6.61 Å². The highest BCUT2D eigenvalue weighted by Crippen LogP contribution is 2.23. The number of aryl methyl sites for hydroxylation is 3. The zero-order valence-electron chi connectivity index (χ0n) is 25.6. The average molecular weight is 526 g/mol. The second-order valence-electron chi connectivity index (χ2n) is 7.23. The van der Waals surface area contributed by atoms with Crippen LogP contribution in [-0.2, 0) is 4.79 Å². The minimum absolute atomic E-state index is 0.0889. The summed E-state index contributed by atoms with van der Waals surface area (Å²) < 4.78 is 5.11. The van der Waals surface area contributed by atoms with Gasteiger partial charge in [0.1, 0.15) is 12.4 Å². The van der Waals surface area contributed by atoms with Crippen molar-refractivity contribution in [2.45, 2.75) is 88.7 Å². The number of aliphatic hydroxyl groups excluding tert-OH is 1. The predicted molar refractivity (Wildman–Crippen MR) is 164 cm³/mol. The summed E-state index contributed by atoms with van der Waals surface area (Å²) in [6.07, 6.45) is 8.42. The number of aliphatic hydroxyl groups is 1. The fourth-order valence-corrected chi connectivity index (χ4v) is 2.58. The van der Waals surface area contributed by atoms with Gasteiger partial charge in [-0.2, -0.15) is 0 Å². The Labute approximate surface area is 231 Å². The van der Waals surface area contributed by atoms with E-state index in [0.29, 0.717) is 12.2 Å². The van der Waals surface area contributed by atoms with E-state index in [0.717, 1.165) is 40.0 Å². The first-order valence-corrected chi connectivity index (χ1v) is 13.3. The highest BCUT2D eigenvalue weighted by molar-refractivity contribution is 5.78. The summed E-state index contributed by atoms with van der Waals surface area (Å²) in [7, 11) is 0. The van der Waals surface area contributed by atoms with Gasteiger partial charge < -0.3 is 9.84 Å². The van der Waals surface area contributed by atoms with Crippen molar-refractivity contribution in [3.8, 4) is 5.75 Å². The molecule has 3 aromatic heterocycles. The lowest BCUT2D eigenvalue weighted by Crippen LogP contribution is -2.00. The summed E-state index contributed by atoms with van der Waals surface area (Å²) in [5.41, 5.74) is 5.23. The summed E-state index contributed by atoms with van der Waals surface area (Å²) in [6.45, 7) is 25.0. The van der Waals surface area contributed by atoms with Gasteiger partial charge in [-0.25, -0.2) is 0 Å². The molecule has 1 N–H and O–H groups in total. The van der Waals surface area contributed by atoms with Gasteiger partial charge >= 0.3 is 0 Å². The van der Waals surface area contributed by atoms with Gasteiger partial charge in [-0.1, -0.05) is 52.8 Å². The third-order valence-corrected chi connectivity index (χ3v) is 4.32. The summed E-state index contributed by atoms with van der Waals surface area (Å²) >= 11 is 0. The number of pyridine rings is 3. The van der Waals surface area contributed by atoms with Crippen molar-refractivity contribution < 1.29 is 14.6 Å². The Kier molecular flexibility index (Phi) is 27.5. The molecule has 0 saturated heterocycles. The Morgan fingerprint density at radius 3 is 1.92 bits per heavy atom. The van der Waals surface area contributed by atoms with Crippen LogP contribution >= 0.6 is 0 Å². The van der Waals surface area contributed by atoms with Gasteiger partial charge in [0.25, 0.3) is 0 Å². The molecule has 0 fully saturated rings. The van der Waals surface area contributed by atoms with Gasteiger partial charge in [-0.15, -0.1) is 6.58 Å². The molecular formula is C32H51N3O3. The molecule has 0 aliphatic rings. The number of allylic oxidation sites excluding steroid dienone is 3. The molecule has 3 aromatic rings. The minimum atomic E-state index is -0.454. The average Bonchev–Trinajstić information content (AvgIpc) is 2.95. The third-order valence-electron chi connectivity index (χ3n) is 4.32. The maximum absolute atomic E-state index is 10.0. The van der Waals surface area contributed by atoms with Crippen molar-refractivity contribution in [2.24, 2.45) is 0 Å². The molecule has 0 spiro atoms. The summed E-state index contributed by atoms with van der Waals surface area (Å²) in [5.74, 6) is 0.674. The smallest absolute Gasteiger partial charge is 0.157 e. The van der Waals surface area contributed by atoms with E-state index in [1.165, 1.54) is 0 Å². The number of rotatable bonds is 5. The second-order valence-corrected chi connectivity index (χ2v) is 7.23. The standard InChI is InChI=1S/C12H14N2O.C9H11NO2.C4H8.C3H6.2C2H6/c1-3-11(15)9-6-7-13-10-5-4-8(2)14-12(9)10;1-7-3-4-9(8(2)10-7)12-6-5-11;1-3-4-2;1-3-2;2*1-2/h4-7,11,15H,3H2,1-2H3;3-5H,6H2,1-2H3;3-4H,1-2H3;3H,1H2,2H3;2*1-2H3/b;;4-3+;;;. The number of aromatic nitrogens is 3. The van der Waals surface area contributed by atoms with Crippen LogP contribution < -0.4 is 4.74 Å². The van der Waals surface area contributed by atoms with E-state index >= 15 is 0 Å². The fourth-order valence-electron chi connectivity index (χ4n) is 2.58. The molecule has 0 aliphatic carbocycles. The molecule has 1 unspecified atom stereocenters. The van der Waals surface area contributed by atoms with Crippen molar-refractivity contribution >= 4 is 17.3 Å². The van der Waals surface area contributed by atoms with Crippen molar-refractivity contribution in [3.05, 3.63) is 84.0 Å². The number of carbonyl (C=O) groups is 1. The largest absolute Gasteiger partial charge is 0.484 e. The molecule has 0 aromatic carbocycles. The molecule has 0 saturated carbocycles. The van der Waals surface area contributed by atoms with Gasteiger partial charge in [-0.05, 0) is 78.3 Å². The number of fused-ring (bicyclic) bond motifs is 1. The molecule has 1 atom stereocenters. The monoisotopic (exact) mass is 525 g/mol. The Bertz CT molecular complexity index is 1030. The predicted octanol–water partition coefficient (Wildman–Crippen LogP) is 8.48. The summed E-state index contributed by atoms with van der Waals surface area (Å²) in [6, 6.07) is 9.37. The van der Waals surface area contributed by atoms with E-state index in [1.807, 2.05) is 119 Å². The van der Waals surface area contributed by atoms with Crippen molar-refractivity contribution in [1.82, 2.24) is 15.0 Å². The molecule has 6 heteroatoms. The first kappa shape index (κ1) is 39.1. The van der Waals surface area contributed by atoms with Gasteiger partial charge in [0.15, 0.2) is 6.29 Å². The van der Waals surface area contributed by atoms with Gasteiger partial charge in [0.2, 0.25) is 0 Å². The lowest BCUT2D eigenvalue weighted by atomic mass is 10.1. The number of nitrogens with zero attached hydrogens (tertiary/aromatic N) is 3. The molecule has 38 heavy (non-hydrogen) atoms. The number of ether oxygens (including phenoxy) is 1. The van der Waals surface area contributed by atoms with Crippen LogP contribution in [0.5, 0.6) is 5.75 Å². The Morgan fingerprint density at radius 2 is 1.45 bits per heavy atom. The van der Waals surface area contributed by atoms with Crippen LogP contribution in [0.4, 0.5) is 0 Å². The van der Waals surface area contributed by atoms with Crippen molar-refractivity contribution in [3.63, 3.8) is 0 Å². The molecular weight excluding hydrogens is 474 g/mol. The third kappa shape index (κ3) is 17.1. The van der Waals surface area contributed by atoms with E-state index in [1.54, 1.807) is 12.3 Å². The van der Waals surface area contributed by atoms with Crippen LogP contribution in [0.2, 0.25) is 0 Å². The molecule has 0 radical (unpaired) electrons. The minimum Gasteiger partial charge on any atom is -0.484 e. The molecule has 3 rings (SSSR count). The van der Waals surface area contributed by atoms with E-state index in [9.17, 15) is 9.90 Å². The number of aldehydes is 1. The topological polar surface area (TPSA) is 85.2 Å². The van der Waals surface area contributed by atoms with Crippen LogP contribution in [0.15, 0.2) is 61.3 Å². The SMILES string of the molecule is C/C=C/C.C=CC.CC.CC.CCC(O)c1ccnc2ccc(C)nc12.Cc1ccc(OCC=O)c(C)n1. The van der Waals surface area contributed by atoms with Crippen LogP contribution in [-0.4, -0.2) is 33.0 Å². The molecule has 6 nitrogen and oxygen atoms in total. The normalized spacial score (nSPS) is 9.79. The first-order chi connectivity index (χ1) is 18.3. The zero-order valence-corrected chi connectivity index (χ0v) is 25.6. The Hall–Kier alpha value is -3.38. The lowest BCUT2D eigenvalue weighted by Gasteiger charge is -2.10. The fraction of sp³-hybridized carbons (Fsp3) is 0.438. The van der Waals surface area contributed by atoms with E-state index in [4.69, 9.17) is 4.74 Å². The van der Waals surface area contributed by atoms with E-state index < -0.39 is 6.10 Å². The van der Waals surface area contributed by atoms with Gasteiger partial charge in [0.05, 0.1) is 22.8 Å². The Balaban J connectivity index is -0.000000475. The summed E-state index contributed by atoms with van der Waals surface area (Å²) in [4.78, 5) is 22.8. The number of hydrogen-bond acceptors (Lipinski definition) is 6. The Morgan fingerprint density at radius 1 is 0.921 bits per heavy atom. The number of hydrogen-bond donors (Lipinski definition) is 1. The maximum atomic E-state index is 10.0. The molecule has 3 heterocycles. The number of carbonyl (C=O) groups excluding carboxylic acids is 1. The van der Waals surface area contributed by atoms with Gasteiger partial charge in [-0.3, -0.25) is 19.7 Å². The maximum Gasteiger partial charge on any atom is 0.157 e. The molecule has 0 aliphatic heterocycles. The van der Waals surface area contributed by atoms with Crippen molar-refractivity contribution in [2.75, 3.05) is 6.61 Å². The summed E-state index contributed by atoms with van der Waals surface area (Å²) in [5, 5.41) is 9.85. The zero-order chi connectivity index (χ0) is 29.9. The lowest BCUT2D eigenvalue weighted by molar-refractivity contribution is -0.109. The quantitative estimate of drug-likeness (QED) is 0.265. The van der Waals surface area contributed by atoms with Crippen LogP contribution in [0, 0.1) is 20.8 Å². The van der Waals surface area contributed by atoms with Gasteiger partial charge in [0, 0.05) is 23.1 Å². The molecule has 212 valence electrons. The first-order valence-electron chi connectivity index (χ1n) is 13.3. The van der Waals surface area contributed by atoms with Crippen molar-refractivity contribution in [1.29, 1.82) is 0 Å². The van der Waals surface area contributed by atoms with E-state index in [2.05, 4.69) is 21.5 Å². The highest BCUT2D eigenvalue weighted by atomic mass is 16.5. The second kappa shape index (κ2) is 26.7. The van der Waals surface area contributed by atoms with Crippen LogP contribution in [0.25, 0.3) is 11.0 Å². The van der Waals surface area contributed by atoms with Crippen LogP contribution in [0.1, 0.15) is 90.6 Å². The highest BCUT2D eigenvalue weighted by Gasteiger charge is 2.10. The molecule has 0 bridgehead atoms. The van der Waals surface area contributed by atoms with Crippen LogP contribution in [0.3, 0.4) is 0 Å². The molecule has 0 amide bonds.